The molecule has 2 aliphatic heterocycles. The fraction of sp³-hybridized carbons (Fsp3) is 0.458. The molecule has 2 aromatic carbocycles. The monoisotopic (exact) mass is 427 g/mol. The molecule has 2 N–H and O–H groups in total. The van der Waals surface area contributed by atoms with Crippen molar-refractivity contribution in [3.05, 3.63) is 53.6 Å². The Morgan fingerprint density at radius 2 is 1.48 bits per heavy atom. The summed E-state index contributed by atoms with van der Waals surface area (Å²) < 4.78 is 22.8. The fourth-order valence-corrected chi connectivity index (χ4v) is 3.80. The Hall–Kier alpha value is -2.77. The molecule has 0 aromatic heterocycles. The minimum Gasteiger partial charge on any atom is -0.507 e. The molecule has 2 heterocycles. The maximum Gasteiger partial charge on any atom is 0.199 e. The van der Waals surface area contributed by atoms with Crippen LogP contribution >= 0.6 is 0 Å². The van der Waals surface area contributed by atoms with Gasteiger partial charge in [-0.15, -0.1) is 0 Å². The SMILES string of the molecule is O/N=C(\Cc1ccc(OC2CCCCO2)cc1)c1ccc(OC2CCCCO2)cc1O. The van der Waals surface area contributed by atoms with Crippen LogP contribution in [0.3, 0.4) is 0 Å². The number of aromatic hydroxyl groups is 1. The summed E-state index contributed by atoms with van der Waals surface area (Å²) in [5.74, 6) is 1.26. The van der Waals surface area contributed by atoms with Crippen LogP contribution in [-0.2, 0) is 15.9 Å². The molecule has 2 aliphatic rings. The number of hydrogen-bond acceptors (Lipinski definition) is 7. The summed E-state index contributed by atoms with van der Waals surface area (Å²) in [7, 11) is 0. The zero-order valence-electron chi connectivity index (χ0n) is 17.5. The van der Waals surface area contributed by atoms with Gasteiger partial charge in [0, 0.05) is 30.9 Å². The van der Waals surface area contributed by atoms with Gasteiger partial charge in [-0.05, 0) is 55.5 Å². The van der Waals surface area contributed by atoms with Gasteiger partial charge in [-0.3, -0.25) is 0 Å². The lowest BCUT2D eigenvalue weighted by atomic mass is 10.0. The number of benzene rings is 2. The smallest absolute Gasteiger partial charge is 0.199 e. The van der Waals surface area contributed by atoms with E-state index in [2.05, 4.69) is 5.16 Å². The number of oxime groups is 1. The Balaban J connectivity index is 1.38. The number of nitrogens with zero attached hydrogens (tertiary/aromatic N) is 1. The van der Waals surface area contributed by atoms with Crippen LogP contribution in [0.25, 0.3) is 0 Å². The topological polar surface area (TPSA) is 89.7 Å². The Bertz CT molecular complexity index is 870. The molecule has 166 valence electrons. The van der Waals surface area contributed by atoms with Gasteiger partial charge in [0.15, 0.2) is 12.6 Å². The van der Waals surface area contributed by atoms with E-state index in [0.717, 1.165) is 56.4 Å². The molecular weight excluding hydrogens is 398 g/mol. The summed E-state index contributed by atoms with van der Waals surface area (Å²) in [6, 6.07) is 12.6. The van der Waals surface area contributed by atoms with Gasteiger partial charge in [0.1, 0.15) is 17.2 Å². The largest absolute Gasteiger partial charge is 0.507 e. The average Bonchev–Trinajstić information content (AvgIpc) is 2.80. The van der Waals surface area contributed by atoms with E-state index in [1.165, 1.54) is 6.07 Å². The summed E-state index contributed by atoms with van der Waals surface area (Å²) in [6.45, 7) is 1.42. The quantitative estimate of drug-likeness (QED) is 0.381. The molecule has 7 nitrogen and oxygen atoms in total. The minimum absolute atomic E-state index is 0.00416. The highest BCUT2D eigenvalue weighted by Crippen LogP contribution is 2.28. The van der Waals surface area contributed by atoms with Crippen molar-refractivity contribution in [3.8, 4) is 17.2 Å². The van der Waals surface area contributed by atoms with Gasteiger partial charge >= 0.3 is 0 Å². The lowest BCUT2D eigenvalue weighted by Gasteiger charge is -2.23. The molecule has 2 fully saturated rings. The van der Waals surface area contributed by atoms with Crippen molar-refractivity contribution < 1.29 is 29.3 Å². The zero-order valence-corrected chi connectivity index (χ0v) is 17.5. The predicted molar refractivity (Wildman–Crippen MR) is 115 cm³/mol. The first-order valence-corrected chi connectivity index (χ1v) is 10.9. The van der Waals surface area contributed by atoms with Gasteiger partial charge in [0.25, 0.3) is 0 Å². The van der Waals surface area contributed by atoms with E-state index >= 15 is 0 Å². The van der Waals surface area contributed by atoms with E-state index in [1.807, 2.05) is 24.3 Å². The molecule has 0 spiro atoms. The third-order valence-corrected chi connectivity index (χ3v) is 5.51. The molecule has 0 saturated carbocycles. The Morgan fingerprint density at radius 3 is 2.03 bits per heavy atom. The highest BCUT2D eigenvalue weighted by atomic mass is 16.7. The van der Waals surface area contributed by atoms with E-state index < -0.39 is 0 Å². The zero-order chi connectivity index (χ0) is 21.5. The summed E-state index contributed by atoms with van der Waals surface area (Å²) in [4.78, 5) is 0. The molecule has 7 heteroatoms. The minimum atomic E-state index is -0.287. The Morgan fingerprint density at radius 1 is 0.871 bits per heavy atom. The summed E-state index contributed by atoms with van der Waals surface area (Å²) in [5.41, 5.74) is 1.75. The number of rotatable bonds is 7. The second-order valence-corrected chi connectivity index (χ2v) is 7.87. The van der Waals surface area contributed by atoms with Gasteiger partial charge in [-0.1, -0.05) is 17.3 Å². The molecule has 2 atom stereocenters. The first-order valence-electron chi connectivity index (χ1n) is 10.9. The molecule has 4 rings (SSSR count). The second-order valence-electron chi connectivity index (χ2n) is 7.87. The van der Waals surface area contributed by atoms with Crippen molar-refractivity contribution in [1.29, 1.82) is 0 Å². The van der Waals surface area contributed by atoms with Crippen molar-refractivity contribution in [3.63, 3.8) is 0 Å². The van der Waals surface area contributed by atoms with Crippen LogP contribution in [0.1, 0.15) is 49.7 Å². The van der Waals surface area contributed by atoms with E-state index in [4.69, 9.17) is 18.9 Å². The van der Waals surface area contributed by atoms with E-state index in [0.29, 0.717) is 30.1 Å². The standard InChI is InChI=1S/C24H29NO6/c26-22-16-19(31-24-6-2-4-14-29-24)11-12-20(22)21(25-27)15-17-7-9-18(10-8-17)30-23-5-1-3-13-28-23/h7-12,16,23-24,26-27H,1-6,13-15H2/b25-21+. The highest BCUT2D eigenvalue weighted by molar-refractivity contribution is 6.03. The van der Waals surface area contributed by atoms with Crippen LogP contribution in [0.2, 0.25) is 0 Å². The van der Waals surface area contributed by atoms with Crippen molar-refractivity contribution in [1.82, 2.24) is 0 Å². The molecule has 0 aliphatic carbocycles. The molecule has 31 heavy (non-hydrogen) atoms. The molecule has 0 bridgehead atoms. The lowest BCUT2D eigenvalue weighted by Crippen LogP contribution is -2.25. The maximum absolute atomic E-state index is 10.5. The number of ether oxygens (including phenoxy) is 4. The van der Waals surface area contributed by atoms with Crippen molar-refractivity contribution in [2.24, 2.45) is 5.16 Å². The fourth-order valence-electron chi connectivity index (χ4n) is 3.80. The van der Waals surface area contributed by atoms with Crippen molar-refractivity contribution in [2.75, 3.05) is 13.2 Å². The number of phenolic OH excluding ortho intramolecular Hbond substituents is 1. The summed E-state index contributed by atoms with van der Waals surface area (Å²) in [5, 5.41) is 23.4. The van der Waals surface area contributed by atoms with Crippen LogP contribution in [-0.4, -0.2) is 41.8 Å². The number of hydrogen-bond donors (Lipinski definition) is 2. The lowest BCUT2D eigenvalue weighted by molar-refractivity contribution is -0.106. The predicted octanol–water partition coefficient (Wildman–Crippen LogP) is 4.62. The molecule has 0 radical (unpaired) electrons. The third-order valence-electron chi connectivity index (χ3n) is 5.51. The molecule has 0 amide bonds. The van der Waals surface area contributed by atoms with Crippen molar-refractivity contribution in [2.45, 2.75) is 57.5 Å². The van der Waals surface area contributed by atoms with E-state index in [1.54, 1.807) is 12.1 Å². The van der Waals surface area contributed by atoms with E-state index in [-0.39, 0.29) is 18.3 Å². The summed E-state index contributed by atoms with van der Waals surface area (Å²) >= 11 is 0. The first kappa shape index (κ1) is 21.5. The van der Waals surface area contributed by atoms with Gasteiger partial charge in [0.05, 0.1) is 18.9 Å². The second kappa shape index (κ2) is 10.5. The van der Waals surface area contributed by atoms with Crippen LogP contribution < -0.4 is 9.47 Å². The van der Waals surface area contributed by atoms with Gasteiger partial charge < -0.3 is 29.3 Å². The van der Waals surface area contributed by atoms with Crippen LogP contribution in [0.5, 0.6) is 17.2 Å². The van der Waals surface area contributed by atoms with Crippen molar-refractivity contribution >= 4 is 5.71 Å². The molecule has 2 aromatic rings. The molecule has 2 saturated heterocycles. The number of phenols is 1. The average molecular weight is 427 g/mol. The van der Waals surface area contributed by atoms with E-state index in [9.17, 15) is 10.3 Å². The van der Waals surface area contributed by atoms with Crippen LogP contribution in [0.15, 0.2) is 47.6 Å². The molecular formula is C24H29NO6. The third kappa shape index (κ3) is 5.89. The maximum atomic E-state index is 10.5. The Labute approximate surface area is 182 Å². The summed E-state index contributed by atoms with van der Waals surface area (Å²) in [6.07, 6.45) is 5.91. The van der Waals surface area contributed by atoms with Gasteiger partial charge in [-0.25, -0.2) is 0 Å². The normalized spacial score (nSPS) is 22.1. The Kier molecular flexibility index (Phi) is 7.27. The van der Waals surface area contributed by atoms with Crippen LogP contribution in [0, 0.1) is 0 Å². The van der Waals surface area contributed by atoms with Crippen LogP contribution in [0.4, 0.5) is 0 Å². The molecule has 2 unspecified atom stereocenters. The first-order chi connectivity index (χ1) is 15.2. The van der Waals surface area contributed by atoms with Gasteiger partial charge in [-0.2, -0.15) is 0 Å². The highest BCUT2D eigenvalue weighted by Gasteiger charge is 2.18. The van der Waals surface area contributed by atoms with Gasteiger partial charge in [0.2, 0.25) is 0 Å².